The van der Waals surface area contributed by atoms with Gasteiger partial charge < -0.3 is 14.8 Å². The van der Waals surface area contributed by atoms with Gasteiger partial charge in [-0.15, -0.1) is 0 Å². The normalized spacial score (nSPS) is 14.3. The fourth-order valence-corrected chi connectivity index (χ4v) is 5.10. The van der Waals surface area contributed by atoms with Crippen molar-refractivity contribution >= 4 is 40.6 Å². The maximum Gasteiger partial charge on any atom is 0.290 e. The highest BCUT2D eigenvalue weighted by Crippen LogP contribution is 2.35. The molecule has 9 heteroatoms. The van der Waals surface area contributed by atoms with Crippen molar-refractivity contribution in [2.24, 2.45) is 5.10 Å². The lowest BCUT2D eigenvalue weighted by atomic mass is 9.91. The van der Waals surface area contributed by atoms with Gasteiger partial charge in [0.2, 0.25) is 5.91 Å². The Bertz CT molecular complexity index is 1580. The van der Waals surface area contributed by atoms with Crippen molar-refractivity contribution in [2.45, 2.75) is 38.6 Å². The van der Waals surface area contributed by atoms with Gasteiger partial charge >= 0.3 is 0 Å². The summed E-state index contributed by atoms with van der Waals surface area (Å²) in [5.41, 5.74) is 4.45. The summed E-state index contributed by atoms with van der Waals surface area (Å²) in [6.07, 6.45) is 2.05. The number of hydrogen-bond donors (Lipinski definition) is 2. The molecule has 1 unspecified atom stereocenters. The van der Waals surface area contributed by atoms with E-state index in [0.717, 1.165) is 27.8 Å². The summed E-state index contributed by atoms with van der Waals surface area (Å²) in [6.45, 7) is 1.72. The molecule has 0 fully saturated rings. The molecule has 1 atom stereocenters. The van der Waals surface area contributed by atoms with E-state index in [-0.39, 0.29) is 24.0 Å². The van der Waals surface area contributed by atoms with E-state index in [1.54, 1.807) is 18.2 Å². The Balaban J connectivity index is 0.00000118. The number of H-pyrrole nitrogens is 1. The van der Waals surface area contributed by atoms with Gasteiger partial charge in [-0.25, -0.2) is 5.01 Å². The Morgan fingerprint density at radius 1 is 1.15 bits per heavy atom. The first-order valence-electron chi connectivity index (χ1n) is 12.9. The summed E-state index contributed by atoms with van der Waals surface area (Å²) in [6, 6.07) is 22.8. The molecule has 0 bridgehead atoms. The third-order valence-electron chi connectivity index (χ3n) is 6.73. The number of carbonyl (C=O) groups is 2. The van der Waals surface area contributed by atoms with E-state index >= 15 is 0 Å². The van der Waals surface area contributed by atoms with Crippen LogP contribution in [0.2, 0.25) is 5.02 Å². The lowest BCUT2D eigenvalue weighted by Crippen LogP contribution is -2.26. The summed E-state index contributed by atoms with van der Waals surface area (Å²) in [4.78, 5) is 38.1. The number of hydrogen-bond acceptors (Lipinski definition) is 5. The molecule has 0 radical (unpaired) electrons. The van der Waals surface area contributed by atoms with Crippen LogP contribution in [0.4, 0.5) is 0 Å². The third kappa shape index (κ3) is 6.24. The van der Waals surface area contributed by atoms with Crippen LogP contribution in [0.3, 0.4) is 0 Å². The zero-order valence-corrected chi connectivity index (χ0v) is 23.0. The highest BCUT2D eigenvalue weighted by Gasteiger charge is 2.34. The first kappa shape index (κ1) is 28.6. The second kappa shape index (κ2) is 13.1. The van der Waals surface area contributed by atoms with E-state index < -0.39 is 0 Å². The van der Waals surface area contributed by atoms with E-state index in [1.807, 2.05) is 73.7 Å². The smallest absolute Gasteiger partial charge is 0.290 e. The fourth-order valence-electron chi connectivity index (χ4n) is 4.93. The number of carboxylic acid groups (broad SMARTS) is 1. The number of fused-ring (bicyclic) bond motifs is 1. The standard InChI is InChI=1S/C30H28ClN3O3.CH2O2/c1-3-7-28(35)34-27(20-10-13-22(37-2)14-11-20)18-26(33-34)29-24(16-19-8-5-4-6-9-19)23-17-21(31)12-15-25(23)32-30(29)36;2-1-3/h4-6,8-15,17,27H,3,7,16,18H2,1-2H3,(H,32,36);1H,(H,2,3). The Kier molecular flexibility index (Phi) is 9.35. The number of aromatic nitrogens is 1. The minimum absolute atomic E-state index is 0.0665. The van der Waals surface area contributed by atoms with E-state index in [9.17, 15) is 9.59 Å². The number of benzene rings is 3. The largest absolute Gasteiger partial charge is 0.497 e. The van der Waals surface area contributed by atoms with Crippen LogP contribution in [-0.2, 0) is 16.0 Å². The highest BCUT2D eigenvalue weighted by atomic mass is 35.5. The molecule has 0 saturated heterocycles. The number of rotatable bonds is 7. The summed E-state index contributed by atoms with van der Waals surface area (Å²) in [5, 5.41) is 14.7. The fraction of sp³-hybridized carbons (Fsp3) is 0.226. The molecule has 0 aliphatic carbocycles. The maximum atomic E-state index is 13.6. The third-order valence-corrected chi connectivity index (χ3v) is 6.96. The van der Waals surface area contributed by atoms with Gasteiger partial charge in [0.05, 0.1) is 24.4 Å². The SMILES string of the molecule is CCCC(=O)N1N=C(c2c(Cc3ccccc3)c3cc(Cl)ccc3[nH]c2=O)CC1c1ccc(OC)cc1.O=CO. The van der Waals surface area contributed by atoms with Crippen molar-refractivity contribution in [3.05, 3.63) is 110 Å². The highest BCUT2D eigenvalue weighted by molar-refractivity contribution is 6.31. The summed E-state index contributed by atoms with van der Waals surface area (Å²) in [5.74, 6) is 0.672. The number of ether oxygens (including phenoxy) is 1. The number of nitrogens with zero attached hydrogens (tertiary/aromatic N) is 2. The second-order valence-electron chi connectivity index (χ2n) is 9.29. The van der Waals surface area contributed by atoms with Gasteiger partial charge in [0.25, 0.3) is 12.0 Å². The Hall–Kier alpha value is -4.43. The molecule has 4 aromatic rings. The zero-order chi connectivity index (χ0) is 28.6. The first-order chi connectivity index (χ1) is 19.4. The molecule has 0 spiro atoms. The van der Waals surface area contributed by atoms with Crippen LogP contribution >= 0.6 is 11.6 Å². The van der Waals surface area contributed by atoms with E-state index in [1.165, 1.54) is 0 Å². The lowest BCUT2D eigenvalue weighted by molar-refractivity contribution is -0.133. The average molecular weight is 560 g/mol. The van der Waals surface area contributed by atoms with Gasteiger partial charge in [0, 0.05) is 28.8 Å². The van der Waals surface area contributed by atoms with Gasteiger partial charge in [-0.1, -0.05) is 61.0 Å². The van der Waals surface area contributed by atoms with Crippen molar-refractivity contribution < 1.29 is 19.4 Å². The number of hydrazone groups is 1. The Morgan fingerprint density at radius 2 is 1.85 bits per heavy atom. The first-order valence-corrected chi connectivity index (χ1v) is 13.3. The monoisotopic (exact) mass is 559 g/mol. The van der Waals surface area contributed by atoms with E-state index in [0.29, 0.717) is 47.5 Å². The van der Waals surface area contributed by atoms with Crippen LogP contribution < -0.4 is 10.3 Å². The van der Waals surface area contributed by atoms with Crippen LogP contribution in [0, 0.1) is 0 Å². The number of methoxy groups -OCH3 is 1. The molecule has 2 N–H and O–H groups in total. The molecular weight excluding hydrogens is 530 g/mol. The molecule has 8 nitrogen and oxygen atoms in total. The van der Waals surface area contributed by atoms with Crippen molar-refractivity contribution in [1.29, 1.82) is 0 Å². The van der Waals surface area contributed by atoms with Crippen LogP contribution in [0.15, 0.2) is 82.7 Å². The number of aromatic amines is 1. The second-order valence-corrected chi connectivity index (χ2v) is 9.73. The molecular formula is C31H30ClN3O5. The summed E-state index contributed by atoms with van der Waals surface area (Å²) < 4.78 is 5.31. The van der Waals surface area contributed by atoms with Crippen molar-refractivity contribution in [1.82, 2.24) is 9.99 Å². The summed E-state index contributed by atoms with van der Waals surface area (Å²) in [7, 11) is 1.62. The van der Waals surface area contributed by atoms with Crippen LogP contribution in [0.1, 0.15) is 54.5 Å². The summed E-state index contributed by atoms with van der Waals surface area (Å²) >= 11 is 6.39. The topological polar surface area (TPSA) is 112 Å². The molecule has 1 aliphatic rings. The lowest BCUT2D eigenvalue weighted by Gasteiger charge is -2.22. The van der Waals surface area contributed by atoms with Crippen LogP contribution in [-0.4, -0.2) is 40.3 Å². The molecule has 1 aromatic heterocycles. The van der Waals surface area contributed by atoms with Crippen LogP contribution in [0.25, 0.3) is 10.9 Å². The Labute approximate surface area is 236 Å². The predicted molar refractivity (Wildman–Crippen MR) is 156 cm³/mol. The number of nitrogens with one attached hydrogen (secondary N) is 1. The van der Waals surface area contributed by atoms with E-state index in [2.05, 4.69) is 4.98 Å². The quantitative estimate of drug-likeness (QED) is 0.271. The van der Waals surface area contributed by atoms with Crippen molar-refractivity contribution in [2.75, 3.05) is 7.11 Å². The molecule has 206 valence electrons. The minimum Gasteiger partial charge on any atom is -0.497 e. The molecule has 3 aromatic carbocycles. The molecule has 2 heterocycles. The van der Waals surface area contributed by atoms with Gasteiger partial charge in [-0.05, 0) is 59.9 Å². The molecule has 1 amide bonds. The van der Waals surface area contributed by atoms with Crippen molar-refractivity contribution in [3.63, 3.8) is 0 Å². The van der Waals surface area contributed by atoms with Gasteiger partial charge in [0.15, 0.2) is 0 Å². The van der Waals surface area contributed by atoms with Gasteiger partial charge in [-0.2, -0.15) is 5.10 Å². The molecule has 0 saturated carbocycles. The van der Waals surface area contributed by atoms with Gasteiger partial charge in [0.1, 0.15) is 5.75 Å². The molecule has 5 rings (SSSR count). The van der Waals surface area contributed by atoms with Crippen molar-refractivity contribution in [3.8, 4) is 5.75 Å². The predicted octanol–water partition coefficient (Wildman–Crippen LogP) is 5.96. The molecule has 40 heavy (non-hydrogen) atoms. The molecule has 1 aliphatic heterocycles. The van der Waals surface area contributed by atoms with Gasteiger partial charge in [-0.3, -0.25) is 14.4 Å². The zero-order valence-electron chi connectivity index (χ0n) is 22.3. The van der Waals surface area contributed by atoms with E-state index in [4.69, 9.17) is 31.3 Å². The number of halogens is 1. The maximum absolute atomic E-state index is 13.6. The number of pyridine rings is 1. The average Bonchev–Trinajstić information content (AvgIpc) is 3.40. The number of amides is 1. The van der Waals surface area contributed by atoms with Crippen LogP contribution in [0.5, 0.6) is 5.75 Å². The number of carbonyl (C=O) groups excluding carboxylic acids is 1. The Morgan fingerprint density at radius 3 is 2.50 bits per heavy atom. The minimum atomic E-state index is -0.306.